The Balaban J connectivity index is 3.42. The molecule has 0 bridgehead atoms. The van der Waals surface area contributed by atoms with Crippen LogP contribution in [0.1, 0.15) is 15.9 Å². The average molecular weight is 303 g/mol. The smallest absolute Gasteiger partial charge is 0.342 e. The topological polar surface area (TPSA) is 70.3 Å². The Morgan fingerprint density at radius 1 is 1.64 bits per heavy atom. The first-order valence-corrected chi connectivity index (χ1v) is 4.69. The van der Waals surface area contributed by atoms with E-state index >= 15 is 0 Å². The van der Waals surface area contributed by atoms with Crippen LogP contribution in [0.5, 0.6) is 5.75 Å². The molecule has 0 aliphatic rings. The van der Waals surface area contributed by atoms with E-state index in [1.165, 1.54) is 19.2 Å². The van der Waals surface area contributed by atoms with Gasteiger partial charge in [0.05, 0.1) is 12.7 Å². The lowest BCUT2D eigenvalue weighted by Crippen LogP contribution is -2.05. The Kier molecular flexibility index (Phi) is 3.30. The Bertz CT molecular complexity index is 423. The molecule has 0 heterocycles. The van der Waals surface area contributed by atoms with Gasteiger partial charge in [0.2, 0.25) is 0 Å². The molecule has 0 fully saturated rings. The number of carbonyl (C=O) groups is 1. The molecule has 14 heavy (non-hydrogen) atoms. The Labute approximate surface area is 94.2 Å². The number of hydrogen-bond donors (Lipinski definition) is 1. The number of aromatic hydroxyl groups is 1. The van der Waals surface area contributed by atoms with Crippen LogP contribution in [-0.4, -0.2) is 18.2 Å². The van der Waals surface area contributed by atoms with Gasteiger partial charge in [0.1, 0.15) is 17.4 Å². The SMILES string of the molecule is COC(=O)c1c(O)ccc(C#N)c1I. The molecule has 0 saturated carbocycles. The minimum Gasteiger partial charge on any atom is -0.507 e. The quantitative estimate of drug-likeness (QED) is 0.632. The van der Waals surface area contributed by atoms with Crippen molar-refractivity contribution in [2.45, 2.75) is 0 Å². The molecule has 0 aliphatic carbocycles. The second kappa shape index (κ2) is 4.28. The molecule has 0 aromatic heterocycles. The van der Waals surface area contributed by atoms with Crippen LogP contribution in [0.2, 0.25) is 0 Å². The van der Waals surface area contributed by atoms with Gasteiger partial charge in [-0.2, -0.15) is 5.26 Å². The molecular formula is C9H6INO3. The highest BCUT2D eigenvalue weighted by Crippen LogP contribution is 2.26. The Morgan fingerprint density at radius 3 is 2.79 bits per heavy atom. The summed E-state index contributed by atoms with van der Waals surface area (Å²) in [6.45, 7) is 0. The van der Waals surface area contributed by atoms with E-state index < -0.39 is 5.97 Å². The molecule has 0 atom stereocenters. The molecule has 1 N–H and O–H groups in total. The minimum atomic E-state index is -0.649. The summed E-state index contributed by atoms with van der Waals surface area (Å²) in [7, 11) is 1.22. The number of benzene rings is 1. The van der Waals surface area contributed by atoms with Crippen molar-refractivity contribution in [1.29, 1.82) is 5.26 Å². The van der Waals surface area contributed by atoms with Crippen molar-refractivity contribution in [3.05, 3.63) is 26.8 Å². The second-order valence-corrected chi connectivity index (χ2v) is 3.50. The highest BCUT2D eigenvalue weighted by atomic mass is 127. The number of carbonyl (C=O) groups excluding carboxylic acids is 1. The number of methoxy groups -OCH3 is 1. The van der Waals surface area contributed by atoms with Crippen LogP contribution < -0.4 is 0 Å². The lowest BCUT2D eigenvalue weighted by atomic mass is 10.1. The van der Waals surface area contributed by atoms with Crippen LogP contribution in [0.15, 0.2) is 12.1 Å². The van der Waals surface area contributed by atoms with Crippen LogP contribution in [0.4, 0.5) is 0 Å². The molecule has 1 rings (SSSR count). The molecule has 0 unspecified atom stereocenters. The minimum absolute atomic E-state index is 0.0344. The predicted octanol–water partition coefficient (Wildman–Crippen LogP) is 1.66. The molecule has 0 radical (unpaired) electrons. The summed E-state index contributed by atoms with van der Waals surface area (Å²) in [6, 6.07) is 4.66. The summed E-state index contributed by atoms with van der Waals surface area (Å²) in [5.41, 5.74) is 0.371. The summed E-state index contributed by atoms with van der Waals surface area (Å²) in [5, 5.41) is 18.1. The predicted molar refractivity (Wildman–Crippen MR) is 56.9 cm³/mol. The lowest BCUT2D eigenvalue weighted by molar-refractivity contribution is 0.0596. The van der Waals surface area contributed by atoms with Gasteiger partial charge in [-0.05, 0) is 34.7 Å². The molecular weight excluding hydrogens is 297 g/mol. The van der Waals surface area contributed by atoms with Gasteiger partial charge >= 0.3 is 5.97 Å². The van der Waals surface area contributed by atoms with Crippen molar-refractivity contribution >= 4 is 28.6 Å². The zero-order valence-electron chi connectivity index (χ0n) is 7.24. The van der Waals surface area contributed by atoms with Crippen molar-refractivity contribution in [2.24, 2.45) is 0 Å². The summed E-state index contributed by atoms with van der Waals surface area (Å²) in [5.74, 6) is -0.829. The fourth-order valence-corrected chi connectivity index (χ4v) is 1.75. The third-order valence-corrected chi connectivity index (χ3v) is 2.75. The number of phenols is 1. The van der Waals surface area contributed by atoms with Gasteiger partial charge in [-0.1, -0.05) is 0 Å². The number of halogens is 1. The first kappa shape index (κ1) is 10.8. The first-order chi connectivity index (χ1) is 6.61. The van der Waals surface area contributed by atoms with E-state index in [-0.39, 0.29) is 11.3 Å². The third-order valence-electron chi connectivity index (χ3n) is 1.63. The molecule has 4 nitrogen and oxygen atoms in total. The maximum atomic E-state index is 11.2. The zero-order chi connectivity index (χ0) is 10.7. The van der Waals surface area contributed by atoms with Crippen LogP contribution >= 0.6 is 22.6 Å². The largest absolute Gasteiger partial charge is 0.507 e. The number of nitrogens with zero attached hydrogens (tertiary/aromatic N) is 1. The fraction of sp³-hybridized carbons (Fsp3) is 0.111. The summed E-state index contributed by atoms with van der Waals surface area (Å²) in [4.78, 5) is 11.2. The standard InChI is InChI=1S/C9H6INO3/c1-14-9(13)7-6(12)3-2-5(4-11)8(7)10/h2-3,12H,1H3. The number of esters is 1. The van der Waals surface area contributed by atoms with Crippen molar-refractivity contribution in [3.8, 4) is 11.8 Å². The number of phenolic OH excluding ortho intramolecular Hbond substituents is 1. The molecule has 72 valence electrons. The highest BCUT2D eigenvalue weighted by molar-refractivity contribution is 14.1. The number of ether oxygens (including phenoxy) is 1. The van der Waals surface area contributed by atoms with Crippen LogP contribution in [-0.2, 0) is 4.74 Å². The molecule has 0 aliphatic heterocycles. The molecule has 0 spiro atoms. The Hall–Kier alpha value is -1.29. The fourth-order valence-electron chi connectivity index (χ4n) is 0.948. The van der Waals surface area contributed by atoms with E-state index in [2.05, 4.69) is 4.74 Å². The normalized spacial score (nSPS) is 9.21. The van der Waals surface area contributed by atoms with Crippen LogP contribution in [0.25, 0.3) is 0 Å². The van der Waals surface area contributed by atoms with E-state index in [0.29, 0.717) is 9.13 Å². The van der Waals surface area contributed by atoms with Gasteiger partial charge in [0.15, 0.2) is 0 Å². The maximum Gasteiger partial charge on any atom is 0.342 e. The molecule has 1 aromatic rings. The molecule has 5 heteroatoms. The zero-order valence-corrected chi connectivity index (χ0v) is 9.40. The summed E-state index contributed by atoms with van der Waals surface area (Å²) < 4.78 is 4.88. The highest BCUT2D eigenvalue weighted by Gasteiger charge is 2.18. The van der Waals surface area contributed by atoms with Crippen LogP contribution in [0, 0.1) is 14.9 Å². The van der Waals surface area contributed by atoms with E-state index in [1.807, 2.05) is 28.7 Å². The molecule has 0 saturated heterocycles. The van der Waals surface area contributed by atoms with Gasteiger partial charge in [-0.15, -0.1) is 0 Å². The molecule has 1 aromatic carbocycles. The van der Waals surface area contributed by atoms with Gasteiger partial charge in [0, 0.05) is 3.57 Å². The third kappa shape index (κ3) is 1.80. The average Bonchev–Trinajstić information content (AvgIpc) is 2.18. The van der Waals surface area contributed by atoms with Gasteiger partial charge in [-0.25, -0.2) is 4.79 Å². The number of nitriles is 1. The van der Waals surface area contributed by atoms with Crippen molar-refractivity contribution in [1.82, 2.24) is 0 Å². The second-order valence-electron chi connectivity index (χ2n) is 2.42. The first-order valence-electron chi connectivity index (χ1n) is 3.61. The van der Waals surface area contributed by atoms with Crippen molar-refractivity contribution in [2.75, 3.05) is 7.11 Å². The van der Waals surface area contributed by atoms with Crippen molar-refractivity contribution < 1.29 is 14.6 Å². The van der Waals surface area contributed by atoms with E-state index in [4.69, 9.17) is 5.26 Å². The van der Waals surface area contributed by atoms with E-state index in [0.717, 1.165) is 0 Å². The number of rotatable bonds is 1. The van der Waals surface area contributed by atoms with Gasteiger partial charge in [0.25, 0.3) is 0 Å². The Morgan fingerprint density at radius 2 is 2.29 bits per heavy atom. The maximum absolute atomic E-state index is 11.2. The van der Waals surface area contributed by atoms with Gasteiger partial charge < -0.3 is 9.84 Å². The lowest BCUT2D eigenvalue weighted by Gasteiger charge is -2.05. The van der Waals surface area contributed by atoms with Crippen molar-refractivity contribution in [3.63, 3.8) is 0 Å². The molecule has 0 amide bonds. The monoisotopic (exact) mass is 303 g/mol. The number of hydrogen-bond acceptors (Lipinski definition) is 4. The summed E-state index contributed by atoms with van der Waals surface area (Å²) in [6.07, 6.45) is 0. The van der Waals surface area contributed by atoms with Gasteiger partial charge in [-0.3, -0.25) is 0 Å². The summed E-state index contributed by atoms with van der Waals surface area (Å²) >= 11 is 1.82. The van der Waals surface area contributed by atoms with E-state index in [9.17, 15) is 9.90 Å². The van der Waals surface area contributed by atoms with Crippen LogP contribution in [0.3, 0.4) is 0 Å². The van der Waals surface area contributed by atoms with E-state index in [1.54, 1.807) is 0 Å².